The predicted octanol–water partition coefficient (Wildman–Crippen LogP) is 0.651. The Labute approximate surface area is 91.1 Å². The molecule has 1 aliphatic rings. The number of piperidine rings is 1. The van der Waals surface area contributed by atoms with Gasteiger partial charge in [0.05, 0.1) is 6.04 Å². The lowest BCUT2D eigenvalue weighted by Gasteiger charge is -2.30. The third-order valence-electron chi connectivity index (χ3n) is 3.10. The summed E-state index contributed by atoms with van der Waals surface area (Å²) in [5.41, 5.74) is 6.87. The van der Waals surface area contributed by atoms with Gasteiger partial charge in [-0.05, 0) is 39.0 Å². The fourth-order valence-electron chi connectivity index (χ4n) is 2.36. The molecule has 0 spiro atoms. The van der Waals surface area contributed by atoms with Crippen molar-refractivity contribution in [2.75, 3.05) is 26.7 Å². The Kier molecular flexibility index (Phi) is 3.38. The van der Waals surface area contributed by atoms with Crippen molar-refractivity contribution in [1.29, 1.82) is 0 Å². The predicted molar refractivity (Wildman–Crippen MR) is 60.8 cm³/mol. The van der Waals surface area contributed by atoms with Crippen molar-refractivity contribution in [1.82, 2.24) is 14.7 Å². The summed E-state index contributed by atoms with van der Waals surface area (Å²) in [4.78, 5) is 2.38. The number of likely N-dealkylation sites (tertiary alicyclic amines) is 1. The average molecular weight is 208 g/mol. The van der Waals surface area contributed by atoms with Gasteiger partial charge in [-0.2, -0.15) is 5.10 Å². The van der Waals surface area contributed by atoms with Crippen LogP contribution in [0, 0.1) is 0 Å². The minimum Gasteiger partial charge on any atom is -0.330 e. The molecule has 2 rings (SSSR count). The standard InChI is InChI=1S/C11H20N4/c1-14-8-2-3-11(9-14)15-10(4-6-12)5-7-13-15/h5,7,11H,2-4,6,8-9,12H2,1H3. The number of rotatable bonds is 3. The highest BCUT2D eigenvalue weighted by atomic mass is 15.3. The first-order valence-electron chi connectivity index (χ1n) is 5.72. The Morgan fingerprint density at radius 2 is 2.47 bits per heavy atom. The maximum absolute atomic E-state index is 5.59. The highest BCUT2D eigenvalue weighted by Gasteiger charge is 2.20. The summed E-state index contributed by atoms with van der Waals surface area (Å²) < 4.78 is 2.17. The van der Waals surface area contributed by atoms with Crippen LogP contribution in [0.15, 0.2) is 12.3 Å². The van der Waals surface area contributed by atoms with E-state index in [4.69, 9.17) is 5.73 Å². The normalized spacial score (nSPS) is 23.2. The molecule has 1 fully saturated rings. The van der Waals surface area contributed by atoms with Gasteiger partial charge in [-0.15, -0.1) is 0 Å². The molecular weight excluding hydrogens is 188 g/mol. The fraction of sp³-hybridized carbons (Fsp3) is 0.727. The van der Waals surface area contributed by atoms with Crippen molar-refractivity contribution in [3.05, 3.63) is 18.0 Å². The quantitative estimate of drug-likeness (QED) is 0.793. The molecule has 0 saturated carbocycles. The summed E-state index contributed by atoms with van der Waals surface area (Å²) in [6.07, 6.45) is 5.33. The van der Waals surface area contributed by atoms with Crippen molar-refractivity contribution < 1.29 is 0 Å². The molecule has 2 heterocycles. The third-order valence-corrected chi connectivity index (χ3v) is 3.10. The maximum Gasteiger partial charge on any atom is 0.0649 e. The Balaban J connectivity index is 2.10. The molecule has 1 atom stereocenters. The largest absolute Gasteiger partial charge is 0.330 e. The van der Waals surface area contributed by atoms with Crippen LogP contribution in [-0.2, 0) is 6.42 Å². The first kappa shape index (κ1) is 10.6. The highest BCUT2D eigenvalue weighted by Crippen LogP contribution is 2.21. The highest BCUT2D eigenvalue weighted by molar-refractivity contribution is 5.03. The number of hydrogen-bond donors (Lipinski definition) is 1. The van der Waals surface area contributed by atoms with Gasteiger partial charge in [-0.3, -0.25) is 4.68 Å². The van der Waals surface area contributed by atoms with Gasteiger partial charge in [0.2, 0.25) is 0 Å². The van der Waals surface area contributed by atoms with Gasteiger partial charge < -0.3 is 10.6 Å². The van der Waals surface area contributed by atoms with Gasteiger partial charge in [0.1, 0.15) is 0 Å². The van der Waals surface area contributed by atoms with Crippen molar-refractivity contribution in [2.45, 2.75) is 25.3 Å². The summed E-state index contributed by atoms with van der Waals surface area (Å²) >= 11 is 0. The smallest absolute Gasteiger partial charge is 0.0649 e. The van der Waals surface area contributed by atoms with Crippen molar-refractivity contribution in [3.8, 4) is 0 Å². The molecule has 0 amide bonds. The van der Waals surface area contributed by atoms with E-state index in [0.29, 0.717) is 12.6 Å². The van der Waals surface area contributed by atoms with Crippen LogP contribution >= 0.6 is 0 Å². The summed E-state index contributed by atoms with van der Waals surface area (Å²) in [5.74, 6) is 0. The molecular formula is C11H20N4. The minimum absolute atomic E-state index is 0.542. The van der Waals surface area contributed by atoms with E-state index in [-0.39, 0.29) is 0 Å². The van der Waals surface area contributed by atoms with E-state index in [0.717, 1.165) is 13.0 Å². The van der Waals surface area contributed by atoms with Crippen LogP contribution in [0.5, 0.6) is 0 Å². The van der Waals surface area contributed by atoms with Crippen LogP contribution in [0.25, 0.3) is 0 Å². The van der Waals surface area contributed by atoms with Crippen molar-refractivity contribution >= 4 is 0 Å². The molecule has 0 aliphatic carbocycles. The van der Waals surface area contributed by atoms with Gasteiger partial charge in [-0.1, -0.05) is 0 Å². The second kappa shape index (κ2) is 4.77. The summed E-state index contributed by atoms with van der Waals surface area (Å²) in [5, 5.41) is 4.43. The molecule has 1 aromatic rings. The van der Waals surface area contributed by atoms with Crippen molar-refractivity contribution in [2.24, 2.45) is 5.73 Å². The number of hydrogen-bond acceptors (Lipinski definition) is 3. The zero-order valence-corrected chi connectivity index (χ0v) is 9.39. The lowest BCUT2D eigenvalue weighted by Crippen LogP contribution is -2.34. The van der Waals surface area contributed by atoms with E-state index >= 15 is 0 Å². The molecule has 2 N–H and O–H groups in total. The molecule has 1 unspecified atom stereocenters. The Morgan fingerprint density at radius 1 is 1.60 bits per heavy atom. The second-order valence-corrected chi connectivity index (χ2v) is 4.36. The van der Waals surface area contributed by atoms with Crippen molar-refractivity contribution in [3.63, 3.8) is 0 Å². The Bertz CT molecular complexity index is 307. The second-order valence-electron chi connectivity index (χ2n) is 4.36. The van der Waals surface area contributed by atoms with E-state index in [1.165, 1.54) is 25.1 Å². The van der Waals surface area contributed by atoms with Crippen LogP contribution < -0.4 is 5.73 Å². The van der Waals surface area contributed by atoms with E-state index in [2.05, 4.69) is 27.8 Å². The van der Waals surface area contributed by atoms with E-state index in [9.17, 15) is 0 Å². The first-order chi connectivity index (χ1) is 7.31. The summed E-state index contributed by atoms with van der Waals surface area (Å²) in [7, 11) is 2.18. The zero-order chi connectivity index (χ0) is 10.7. The lowest BCUT2D eigenvalue weighted by molar-refractivity contribution is 0.200. The molecule has 4 nitrogen and oxygen atoms in total. The van der Waals surface area contributed by atoms with Crippen LogP contribution in [0.4, 0.5) is 0 Å². The van der Waals surface area contributed by atoms with Gasteiger partial charge in [0, 0.05) is 24.9 Å². The van der Waals surface area contributed by atoms with Crippen LogP contribution in [0.2, 0.25) is 0 Å². The zero-order valence-electron chi connectivity index (χ0n) is 9.39. The molecule has 1 saturated heterocycles. The van der Waals surface area contributed by atoms with Gasteiger partial charge >= 0.3 is 0 Å². The number of likely N-dealkylation sites (N-methyl/N-ethyl adjacent to an activating group) is 1. The summed E-state index contributed by atoms with van der Waals surface area (Å²) in [6, 6.07) is 2.63. The first-order valence-corrected chi connectivity index (χ1v) is 5.72. The van der Waals surface area contributed by atoms with Gasteiger partial charge in [0.15, 0.2) is 0 Å². The topological polar surface area (TPSA) is 47.1 Å². The molecule has 1 aromatic heterocycles. The SMILES string of the molecule is CN1CCCC(n2nccc2CCN)C1. The Morgan fingerprint density at radius 3 is 3.20 bits per heavy atom. The lowest BCUT2D eigenvalue weighted by atomic mass is 10.1. The maximum atomic E-state index is 5.59. The molecule has 84 valence electrons. The molecule has 1 aliphatic heterocycles. The van der Waals surface area contributed by atoms with Gasteiger partial charge in [0.25, 0.3) is 0 Å². The molecule has 0 aromatic carbocycles. The van der Waals surface area contributed by atoms with Gasteiger partial charge in [-0.25, -0.2) is 0 Å². The van der Waals surface area contributed by atoms with Crippen LogP contribution in [0.3, 0.4) is 0 Å². The average Bonchev–Trinajstić information content (AvgIpc) is 2.66. The third kappa shape index (κ3) is 2.38. The van der Waals surface area contributed by atoms with E-state index < -0.39 is 0 Å². The number of aromatic nitrogens is 2. The van der Waals surface area contributed by atoms with E-state index in [1.54, 1.807) is 0 Å². The van der Waals surface area contributed by atoms with Crippen LogP contribution in [-0.4, -0.2) is 41.4 Å². The minimum atomic E-state index is 0.542. The molecule has 0 radical (unpaired) electrons. The monoisotopic (exact) mass is 208 g/mol. The number of nitrogens with zero attached hydrogens (tertiary/aromatic N) is 3. The summed E-state index contributed by atoms with van der Waals surface area (Å²) in [6.45, 7) is 3.03. The molecule has 0 bridgehead atoms. The fourth-order valence-corrected chi connectivity index (χ4v) is 2.36. The van der Waals surface area contributed by atoms with E-state index in [1.807, 2.05) is 6.20 Å². The molecule has 15 heavy (non-hydrogen) atoms. The molecule has 4 heteroatoms. The number of nitrogens with two attached hydrogens (primary N) is 1. The van der Waals surface area contributed by atoms with Crippen LogP contribution in [0.1, 0.15) is 24.6 Å². The Hall–Kier alpha value is -0.870.